The number of nitrogens with one attached hydrogen (secondary N) is 1. The molecule has 2 heterocycles. The van der Waals surface area contributed by atoms with Crippen molar-refractivity contribution in [2.45, 2.75) is 12.8 Å². The van der Waals surface area contributed by atoms with E-state index < -0.39 is 0 Å². The number of rotatable bonds is 4. The summed E-state index contributed by atoms with van der Waals surface area (Å²) in [5.41, 5.74) is 4.23. The minimum atomic E-state index is 0.510. The van der Waals surface area contributed by atoms with E-state index in [0.717, 1.165) is 47.9 Å². The Balaban J connectivity index is 1.76. The quantitative estimate of drug-likeness (QED) is 0.717. The van der Waals surface area contributed by atoms with E-state index >= 15 is 0 Å². The van der Waals surface area contributed by atoms with Crippen LogP contribution in [-0.4, -0.2) is 23.4 Å². The Morgan fingerprint density at radius 2 is 2.04 bits per heavy atom. The van der Waals surface area contributed by atoms with Gasteiger partial charge in [-0.15, -0.1) is 0 Å². The van der Waals surface area contributed by atoms with E-state index in [1.165, 1.54) is 5.56 Å². The molecular formula is C19H17Cl2N3O. The van der Waals surface area contributed by atoms with E-state index in [2.05, 4.69) is 11.4 Å². The van der Waals surface area contributed by atoms with Crippen LogP contribution in [0.15, 0.2) is 42.5 Å². The highest BCUT2D eigenvalue weighted by atomic mass is 35.5. The molecule has 1 aliphatic rings. The molecule has 0 fully saturated rings. The molecule has 4 nitrogen and oxygen atoms in total. The van der Waals surface area contributed by atoms with E-state index in [1.54, 1.807) is 13.2 Å². The van der Waals surface area contributed by atoms with Crippen LogP contribution in [-0.2, 0) is 12.8 Å². The Morgan fingerprint density at radius 3 is 2.88 bits per heavy atom. The fourth-order valence-corrected chi connectivity index (χ4v) is 3.57. The van der Waals surface area contributed by atoms with Crippen molar-refractivity contribution < 1.29 is 4.74 Å². The molecule has 4 rings (SSSR count). The van der Waals surface area contributed by atoms with Gasteiger partial charge in [-0.3, -0.25) is 0 Å². The summed E-state index contributed by atoms with van der Waals surface area (Å²) in [7, 11) is 1.68. The van der Waals surface area contributed by atoms with Crippen molar-refractivity contribution in [1.29, 1.82) is 0 Å². The fraction of sp³-hybridized carbons (Fsp3) is 0.211. The fourth-order valence-electron chi connectivity index (χ4n) is 3.19. The van der Waals surface area contributed by atoms with Crippen LogP contribution in [0.25, 0.3) is 5.69 Å². The summed E-state index contributed by atoms with van der Waals surface area (Å²) in [6.45, 7) is 0.899. The number of fused-ring (bicyclic) bond motifs is 1. The molecule has 3 aromatic rings. The van der Waals surface area contributed by atoms with Crippen molar-refractivity contribution in [3.8, 4) is 11.4 Å². The number of methoxy groups -OCH3 is 1. The van der Waals surface area contributed by atoms with Crippen LogP contribution < -0.4 is 10.1 Å². The topological polar surface area (TPSA) is 39.1 Å². The molecule has 2 aromatic carbocycles. The average Bonchev–Trinajstić information content (AvgIpc) is 3.22. The van der Waals surface area contributed by atoms with Crippen molar-refractivity contribution in [2.24, 2.45) is 0 Å². The SMILES string of the molecule is COc1cccc(Cc2nn(-c3cccc(Cl)c3Cl)c3c2CCN3)c1. The molecule has 128 valence electrons. The molecule has 0 saturated carbocycles. The van der Waals surface area contributed by atoms with Gasteiger partial charge >= 0.3 is 0 Å². The molecule has 0 atom stereocenters. The van der Waals surface area contributed by atoms with Gasteiger partial charge in [-0.25, -0.2) is 4.68 Å². The van der Waals surface area contributed by atoms with Gasteiger partial charge < -0.3 is 10.1 Å². The number of anilines is 1. The van der Waals surface area contributed by atoms with E-state index in [0.29, 0.717) is 10.0 Å². The molecule has 1 aromatic heterocycles. The van der Waals surface area contributed by atoms with Crippen LogP contribution in [0.5, 0.6) is 5.75 Å². The lowest BCUT2D eigenvalue weighted by Crippen LogP contribution is -2.06. The van der Waals surface area contributed by atoms with Crippen molar-refractivity contribution in [1.82, 2.24) is 9.78 Å². The minimum absolute atomic E-state index is 0.510. The third-order valence-corrected chi connectivity index (χ3v) is 5.21. The third-order valence-electron chi connectivity index (χ3n) is 4.40. The number of benzene rings is 2. The molecule has 1 N–H and O–H groups in total. The predicted molar refractivity (Wildman–Crippen MR) is 102 cm³/mol. The number of halogens is 2. The summed E-state index contributed by atoms with van der Waals surface area (Å²) < 4.78 is 7.19. The lowest BCUT2D eigenvalue weighted by molar-refractivity contribution is 0.414. The van der Waals surface area contributed by atoms with Crippen LogP contribution in [0.3, 0.4) is 0 Å². The molecular weight excluding hydrogens is 357 g/mol. The van der Waals surface area contributed by atoms with Crippen molar-refractivity contribution in [2.75, 3.05) is 19.0 Å². The van der Waals surface area contributed by atoms with Crippen LogP contribution >= 0.6 is 23.2 Å². The standard InChI is InChI=1S/C19H17Cl2N3O/c1-25-13-5-2-4-12(10-13)11-16-14-8-9-22-19(14)24(23-16)17-7-3-6-15(20)18(17)21/h2-7,10,22H,8-9,11H2,1H3. The first-order valence-corrected chi connectivity index (χ1v) is 8.85. The summed E-state index contributed by atoms with van der Waals surface area (Å²) in [5, 5.41) is 9.28. The Hall–Kier alpha value is -2.17. The Bertz CT molecular complexity index is 936. The second-order valence-corrected chi connectivity index (χ2v) is 6.75. The molecule has 6 heteroatoms. The molecule has 0 spiro atoms. The maximum Gasteiger partial charge on any atom is 0.133 e. The second-order valence-electron chi connectivity index (χ2n) is 5.96. The van der Waals surface area contributed by atoms with Crippen LogP contribution in [0.2, 0.25) is 10.0 Å². The van der Waals surface area contributed by atoms with Gasteiger partial charge in [0.1, 0.15) is 11.6 Å². The smallest absolute Gasteiger partial charge is 0.133 e. The first kappa shape index (κ1) is 16.3. The third kappa shape index (κ3) is 2.96. The van der Waals surface area contributed by atoms with Crippen molar-refractivity contribution >= 4 is 29.0 Å². The highest BCUT2D eigenvalue weighted by molar-refractivity contribution is 6.43. The molecule has 0 saturated heterocycles. The number of aromatic nitrogens is 2. The summed E-state index contributed by atoms with van der Waals surface area (Å²) >= 11 is 12.6. The maximum atomic E-state index is 6.40. The van der Waals surface area contributed by atoms with Gasteiger partial charge in [0.25, 0.3) is 0 Å². The van der Waals surface area contributed by atoms with E-state index in [1.807, 2.05) is 35.0 Å². The Morgan fingerprint density at radius 1 is 1.20 bits per heavy atom. The van der Waals surface area contributed by atoms with Crippen LogP contribution in [0.4, 0.5) is 5.82 Å². The highest BCUT2D eigenvalue weighted by Gasteiger charge is 2.24. The van der Waals surface area contributed by atoms with Gasteiger partial charge in [0.05, 0.1) is 28.5 Å². The largest absolute Gasteiger partial charge is 0.497 e. The highest BCUT2D eigenvalue weighted by Crippen LogP contribution is 2.35. The molecule has 0 bridgehead atoms. The number of nitrogens with zero attached hydrogens (tertiary/aromatic N) is 2. The van der Waals surface area contributed by atoms with E-state index in [4.69, 9.17) is 33.0 Å². The van der Waals surface area contributed by atoms with Gasteiger partial charge in [-0.2, -0.15) is 5.10 Å². The average molecular weight is 374 g/mol. The molecule has 0 aliphatic carbocycles. The van der Waals surface area contributed by atoms with E-state index in [9.17, 15) is 0 Å². The molecule has 25 heavy (non-hydrogen) atoms. The lowest BCUT2D eigenvalue weighted by Gasteiger charge is -2.09. The van der Waals surface area contributed by atoms with Gasteiger partial charge in [-0.05, 0) is 36.2 Å². The first-order valence-electron chi connectivity index (χ1n) is 8.09. The summed E-state index contributed by atoms with van der Waals surface area (Å²) in [4.78, 5) is 0. The molecule has 0 radical (unpaired) electrons. The predicted octanol–water partition coefficient (Wildman–Crippen LogP) is 4.75. The van der Waals surface area contributed by atoms with Gasteiger partial charge in [0.2, 0.25) is 0 Å². The zero-order chi connectivity index (χ0) is 17.4. The zero-order valence-corrected chi connectivity index (χ0v) is 15.2. The molecule has 0 unspecified atom stereocenters. The maximum absolute atomic E-state index is 6.40. The summed E-state index contributed by atoms with van der Waals surface area (Å²) in [5.74, 6) is 1.85. The van der Waals surface area contributed by atoms with Gasteiger partial charge in [0, 0.05) is 18.5 Å². The second kappa shape index (κ2) is 6.62. The van der Waals surface area contributed by atoms with Crippen molar-refractivity contribution in [3.05, 3.63) is 69.3 Å². The van der Waals surface area contributed by atoms with Crippen molar-refractivity contribution in [3.63, 3.8) is 0 Å². The number of hydrogen-bond acceptors (Lipinski definition) is 3. The number of ether oxygens (including phenoxy) is 1. The van der Waals surface area contributed by atoms with Gasteiger partial charge in [0.15, 0.2) is 0 Å². The monoisotopic (exact) mass is 373 g/mol. The Labute approximate surface area is 156 Å². The normalized spacial score (nSPS) is 12.8. The minimum Gasteiger partial charge on any atom is -0.497 e. The molecule has 0 amide bonds. The summed E-state index contributed by atoms with van der Waals surface area (Å²) in [6, 6.07) is 13.7. The first-order chi connectivity index (χ1) is 12.2. The zero-order valence-electron chi connectivity index (χ0n) is 13.7. The van der Waals surface area contributed by atoms with Crippen LogP contribution in [0, 0.1) is 0 Å². The number of hydrogen-bond donors (Lipinski definition) is 1. The Kier molecular flexibility index (Phi) is 4.32. The summed E-state index contributed by atoms with van der Waals surface area (Å²) in [6.07, 6.45) is 1.69. The van der Waals surface area contributed by atoms with Crippen LogP contribution in [0.1, 0.15) is 16.8 Å². The lowest BCUT2D eigenvalue weighted by atomic mass is 10.1. The van der Waals surface area contributed by atoms with Gasteiger partial charge in [-0.1, -0.05) is 41.4 Å². The van der Waals surface area contributed by atoms with E-state index in [-0.39, 0.29) is 0 Å². The molecule has 1 aliphatic heterocycles.